The summed E-state index contributed by atoms with van der Waals surface area (Å²) < 4.78 is 5.70. The van der Waals surface area contributed by atoms with E-state index in [0.29, 0.717) is 6.04 Å². The molecular weight excluding hydrogens is 258 g/mol. The second-order valence-corrected chi connectivity index (χ2v) is 5.85. The molecule has 0 fully saturated rings. The lowest BCUT2D eigenvalue weighted by atomic mass is 9.95. The minimum atomic E-state index is 0.347. The summed E-state index contributed by atoms with van der Waals surface area (Å²) in [5.41, 5.74) is 5.38. The van der Waals surface area contributed by atoms with E-state index >= 15 is 0 Å². The molecule has 1 aliphatic rings. The van der Waals surface area contributed by atoms with E-state index in [1.807, 2.05) is 7.05 Å². The van der Waals surface area contributed by atoms with Gasteiger partial charge in [0, 0.05) is 6.04 Å². The molecule has 1 atom stereocenters. The van der Waals surface area contributed by atoms with Crippen molar-refractivity contribution >= 4 is 0 Å². The van der Waals surface area contributed by atoms with Crippen LogP contribution >= 0.6 is 0 Å². The maximum Gasteiger partial charge on any atom is 0.122 e. The molecule has 1 heterocycles. The van der Waals surface area contributed by atoms with Crippen molar-refractivity contribution < 1.29 is 4.74 Å². The summed E-state index contributed by atoms with van der Waals surface area (Å²) in [5, 5.41) is 3.45. The van der Waals surface area contributed by atoms with Gasteiger partial charge in [0.2, 0.25) is 0 Å². The summed E-state index contributed by atoms with van der Waals surface area (Å²) in [4.78, 5) is 0. The smallest absolute Gasteiger partial charge is 0.122 e. The van der Waals surface area contributed by atoms with Crippen LogP contribution in [0.1, 0.15) is 34.7 Å². The van der Waals surface area contributed by atoms with Gasteiger partial charge in [0.25, 0.3) is 0 Å². The first-order chi connectivity index (χ1) is 10.3. The van der Waals surface area contributed by atoms with Crippen LogP contribution in [0.15, 0.2) is 42.5 Å². The Hall–Kier alpha value is -1.80. The van der Waals surface area contributed by atoms with Crippen molar-refractivity contribution in [1.29, 1.82) is 0 Å². The highest BCUT2D eigenvalue weighted by atomic mass is 16.5. The number of likely N-dealkylation sites (N-methyl/N-ethyl adjacent to an activating group) is 1. The number of benzene rings is 2. The molecule has 0 amide bonds. The molecule has 2 aromatic carbocycles. The van der Waals surface area contributed by atoms with Gasteiger partial charge in [-0.2, -0.15) is 0 Å². The molecule has 0 radical (unpaired) electrons. The number of ether oxygens (including phenoxy) is 1. The van der Waals surface area contributed by atoms with E-state index in [4.69, 9.17) is 4.74 Å². The fraction of sp³-hybridized carbons (Fsp3) is 0.368. The average molecular weight is 281 g/mol. The zero-order valence-corrected chi connectivity index (χ0v) is 12.9. The van der Waals surface area contributed by atoms with Gasteiger partial charge in [0.1, 0.15) is 5.75 Å². The Labute approximate surface area is 127 Å². The van der Waals surface area contributed by atoms with Gasteiger partial charge in [-0.3, -0.25) is 0 Å². The van der Waals surface area contributed by atoms with Gasteiger partial charge in [0.15, 0.2) is 0 Å². The first-order valence-corrected chi connectivity index (χ1v) is 7.74. The molecule has 1 unspecified atom stereocenters. The highest BCUT2D eigenvalue weighted by molar-refractivity contribution is 5.40. The summed E-state index contributed by atoms with van der Waals surface area (Å²) in [6.07, 6.45) is 3.26. The normalized spacial score (nSPS) is 15.1. The predicted octanol–water partition coefficient (Wildman–Crippen LogP) is 3.82. The van der Waals surface area contributed by atoms with Crippen LogP contribution in [-0.2, 0) is 12.8 Å². The Morgan fingerprint density at radius 3 is 2.71 bits per heavy atom. The number of hydrogen-bond acceptors (Lipinski definition) is 2. The standard InChI is InChI=1S/C19H23NO/c1-14-5-7-15(8-6-14)12-18(20-2)16-9-10-19-17(13-16)4-3-11-21-19/h5-10,13,18,20H,3-4,11-12H2,1-2H3. The quantitative estimate of drug-likeness (QED) is 0.920. The molecule has 0 spiro atoms. The molecule has 0 bridgehead atoms. The van der Waals surface area contributed by atoms with E-state index in [1.165, 1.54) is 22.3 Å². The molecule has 0 aliphatic carbocycles. The fourth-order valence-electron chi connectivity index (χ4n) is 2.94. The van der Waals surface area contributed by atoms with Crippen LogP contribution in [0, 0.1) is 6.92 Å². The minimum Gasteiger partial charge on any atom is -0.493 e. The third-order valence-corrected chi connectivity index (χ3v) is 4.24. The first kappa shape index (κ1) is 14.2. The SMILES string of the molecule is CNC(Cc1ccc(C)cc1)c1ccc2c(c1)CCCO2. The Morgan fingerprint density at radius 1 is 1.14 bits per heavy atom. The monoisotopic (exact) mass is 281 g/mol. The molecule has 2 aromatic rings. The second kappa shape index (κ2) is 6.31. The number of hydrogen-bond donors (Lipinski definition) is 1. The van der Waals surface area contributed by atoms with Crippen molar-refractivity contribution in [1.82, 2.24) is 5.32 Å². The van der Waals surface area contributed by atoms with Crippen molar-refractivity contribution in [3.63, 3.8) is 0 Å². The maximum atomic E-state index is 5.70. The van der Waals surface area contributed by atoms with Crippen LogP contribution in [0.4, 0.5) is 0 Å². The van der Waals surface area contributed by atoms with E-state index in [2.05, 4.69) is 54.7 Å². The average Bonchev–Trinajstić information content (AvgIpc) is 2.54. The zero-order valence-electron chi connectivity index (χ0n) is 12.9. The van der Waals surface area contributed by atoms with E-state index in [9.17, 15) is 0 Å². The Balaban J connectivity index is 1.81. The van der Waals surface area contributed by atoms with Crippen LogP contribution in [0.25, 0.3) is 0 Å². The topological polar surface area (TPSA) is 21.3 Å². The summed E-state index contributed by atoms with van der Waals surface area (Å²) in [5.74, 6) is 1.06. The summed E-state index contributed by atoms with van der Waals surface area (Å²) in [6.45, 7) is 2.98. The Bertz CT molecular complexity index is 603. The predicted molar refractivity (Wildman–Crippen MR) is 86.9 cm³/mol. The molecule has 0 aromatic heterocycles. The second-order valence-electron chi connectivity index (χ2n) is 5.85. The van der Waals surface area contributed by atoms with E-state index in [0.717, 1.165) is 31.6 Å². The molecular formula is C19H23NO. The van der Waals surface area contributed by atoms with Gasteiger partial charge in [-0.1, -0.05) is 42.0 Å². The molecule has 3 rings (SSSR count). The lowest BCUT2D eigenvalue weighted by Crippen LogP contribution is -2.19. The Kier molecular flexibility index (Phi) is 4.26. The van der Waals surface area contributed by atoms with Crippen LogP contribution in [0.5, 0.6) is 5.75 Å². The maximum absolute atomic E-state index is 5.70. The lowest BCUT2D eigenvalue weighted by molar-refractivity contribution is 0.288. The molecule has 2 heteroatoms. The summed E-state index contributed by atoms with van der Waals surface area (Å²) >= 11 is 0. The number of nitrogens with one attached hydrogen (secondary N) is 1. The largest absolute Gasteiger partial charge is 0.493 e. The molecule has 2 nitrogen and oxygen atoms in total. The van der Waals surface area contributed by atoms with E-state index in [-0.39, 0.29) is 0 Å². The van der Waals surface area contributed by atoms with Gasteiger partial charge < -0.3 is 10.1 Å². The van der Waals surface area contributed by atoms with Crippen molar-refractivity contribution in [2.75, 3.05) is 13.7 Å². The van der Waals surface area contributed by atoms with Gasteiger partial charge >= 0.3 is 0 Å². The first-order valence-electron chi connectivity index (χ1n) is 7.74. The summed E-state index contributed by atoms with van der Waals surface area (Å²) in [6, 6.07) is 15.8. The number of rotatable bonds is 4. The molecule has 1 N–H and O–H groups in total. The zero-order chi connectivity index (χ0) is 14.7. The third-order valence-electron chi connectivity index (χ3n) is 4.24. The van der Waals surface area contributed by atoms with Gasteiger partial charge in [-0.05, 0) is 56.0 Å². The van der Waals surface area contributed by atoms with Crippen molar-refractivity contribution in [3.05, 3.63) is 64.7 Å². The fourth-order valence-corrected chi connectivity index (χ4v) is 2.94. The highest BCUT2D eigenvalue weighted by Gasteiger charge is 2.15. The minimum absolute atomic E-state index is 0.347. The van der Waals surface area contributed by atoms with E-state index < -0.39 is 0 Å². The molecule has 0 saturated heterocycles. The van der Waals surface area contributed by atoms with Crippen molar-refractivity contribution in [3.8, 4) is 5.75 Å². The van der Waals surface area contributed by atoms with Gasteiger partial charge in [-0.25, -0.2) is 0 Å². The third kappa shape index (κ3) is 3.27. The van der Waals surface area contributed by atoms with Gasteiger partial charge in [0.05, 0.1) is 6.61 Å². The lowest BCUT2D eigenvalue weighted by Gasteiger charge is -2.22. The van der Waals surface area contributed by atoms with E-state index in [1.54, 1.807) is 0 Å². The van der Waals surface area contributed by atoms with Crippen LogP contribution in [0.3, 0.4) is 0 Å². The number of aryl methyl sites for hydroxylation is 2. The summed E-state index contributed by atoms with van der Waals surface area (Å²) in [7, 11) is 2.04. The van der Waals surface area contributed by atoms with Crippen LogP contribution < -0.4 is 10.1 Å². The molecule has 1 aliphatic heterocycles. The van der Waals surface area contributed by atoms with Crippen LogP contribution in [0.2, 0.25) is 0 Å². The van der Waals surface area contributed by atoms with Crippen molar-refractivity contribution in [2.45, 2.75) is 32.2 Å². The van der Waals surface area contributed by atoms with Crippen LogP contribution in [-0.4, -0.2) is 13.7 Å². The molecule has 21 heavy (non-hydrogen) atoms. The number of fused-ring (bicyclic) bond motifs is 1. The molecule has 110 valence electrons. The molecule has 0 saturated carbocycles. The van der Waals surface area contributed by atoms with Crippen molar-refractivity contribution in [2.24, 2.45) is 0 Å². The highest BCUT2D eigenvalue weighted by Crippen LogP contribution is 2.29. The van der Waals surface area contributed by atoms with Gasteiger partial charge in [-0.15, -0.1) is 0 Å². The Morgan fingerprint density at radius 2 is 1.95 bits per heavy atom.